The van der Waals surface area contributed by atoms with Gasteiger partial charge in [0.1, 0.15) is 16.9 Å². The second-order valence-electron chi connectivity index (χ2n) is 8.73. The summed E-state index contributed by atoms with van der Waals surface area (Å²) in [5.41, 5.74) is 3.23. The largest absolute Gasteiger partial charge is 0.476 e. The molecule has 7 nitrogen and oxygen atoms in total. The number of aryl methyl sites for hydroxylation is 1. The lowest BCUT2D eigenvalue weighted by Gasteiger charge is -2.35. The molecule has 1 atom stereocenters. The van der Waals surface area contributed by atoms with Gasteiger partial charge in [-0.3, -0.25) is 9.10 Å². The molecule has 0 bridgehead atoms. The zero-order chi connectivity index (χ0) is 24.9. The molecule has 0 spiro atoms. The lowest BCUT2D eigenvalue weighted by atomic mass is 10.1. The normalized spacial score (nSPS) is 15.5. The highest BCUT2D eigenvalue weighted by atomic mass is 32.2. The lowest BCUT2D eigenvalue weighted by Crippen LogP contribution is -2.48. The molecule has 180 valence electrons. The molecule has 1 amide bonds. The van der Waals surface area contributed by atoms with Crippen molar-refractivity contribution in [2.75, 3.05) is 16.2 Å². The fraction of sp³-hybridized carbons (Fsp3) is 0.107. The molecule has 1 aliphatic heterocycles. The summed E-state index contributed by atoms with van der Waals surface area (Å²) < 4.78 is 40.2. The molecule has 0 fully saturated rings. The molecule has 1 aliphatic rings. The number of para-hydroxylation sites is 1. The molecule has 0 radical (unpaired) electrons. The summed E-state index contributed by atoms with van der Waals surface area (Å²) >= 11 is 0. The maximum atomic E-state index is 13.5. The van der Waals surface area contributed by atoms with Crippen LogP contribution in [0.15, 0.2) is 100 Å². The highest BCUT2D eigenvalue weighted by Crippen LogP contribution is 2.38. The molecule has 2 heterocycles. The zero-order valence-corrected chi connectivity index (χ0v) is 20.2. The third-order valence-electron chi connectivity index (χ3n) is 6.25. The van der Waals surface area contributed by atoms with Gasteiger partial charge in [-0.1, -0.05) is 42.5 Å². The third-order valence-corrected chi connectivity index (χ3v) is 8.05. The van der Waals surface area contributed by atoms with Crippen molar-refractivity contribution < 1.29 is 22.4 Å². The van der Waals surface area contributed by atoms with Crippen molar-refractivity contribution >= 4 is 49.2 Å². The molecule has 6 rings (SSSR count). The molecule has 8 heteroatoms. The van der Waals surface area contributed by atoms with Crippen molar-refractivity contribution in [2.45, 2.75) is 17.9 Å². The smallest absolute Gasteiger partial charge is 0.267 e. The van der Waals surface area contributed by atoms with E-state index >= 15 is 0 Å². The number of nitrogens with zero attached hydrogens (tertiary/aromatic N) is 1. The Bertz CT molecular complexity index is 1730. The van der Waals surface area contributed by atoms with Crippen LogP contribution < -0.4 is 14.4 Å². The number of ether oxygens (including phenoxy) is 1. The fourth-order valence-corrected chi connectivity index (χ4v) is 5.97. The van der Waals surface area contributed by atoms with E-state index in [1.807, 2.05) is 43.3 Å². The first-order valence-corrected chi connectivity index (χ1v) is 12.9. The molecule has 0 aliphatic carbocycles. The number of carbonyl (C=O) groups excluding carboxylic acids is 1. The van der Waals surface area contributed by atoms with Gasteiger partial charge in [-0.2, -0.15) is 0 Å². The van der Waals surface area contributed by atoms with Crippen LogP contribution in [0.3, 0.4) is 0 Å². The van der Waals surface area contributed by atoms with Crippen LogP contribution in [-0.2, 0) is 14.8 Å². The van der Waals surface area contributed by atoms with E-state index in [4.69, 9.17) is 9.15 Å². The van der Waals surface area contributed by atoms with Gasteiger partial charge in [-0.15, -0.1) is 0 Å². The van der Waals surface area contributed by atoms with Crippen molar-refractivity contribution in [3.05, 3.63) is 96.6 Å². The predicted molar refractivity (Wildman–Crippen MR) is 139 cm³/mol. The van der Waals surface area contributed by atoms with E-state index in [0.717, 1.165) is 21.9 Å². The van der Waals surface area contributed by atoms with E-state index in [9.17, 15) is 13.2 Å². The van der Waals surface area contributed by atoms with Gasteiger partial charge in [0.25, 0.3) is 15.9 Å². The van der Waals surface area contributed by atoms with E-state index < -0.39 is 22.0 Å². The molecule has 0 unspecified atom stereocenters. The SMILES string of the molecule is Cc1ccc2c(c1)O[C@H](C(=O)Nc1ccc3c(c1)oc1ccccc13)CN2S(=O)(=O)c1ccccc1. The molecule has 36 heavy (non-hydrogen) atoms. The quantitative estimate of drug-likeness (QED) is 0.354. The Morgan fingerprint density at radius 3 is 2.47 bits per heavy atom. The number of rotatable bonds is 4. The fourth-order valence-electron chi connectivity index (χ4n) is 4.47. The Morgan fingerprint density at radius 1 is 0.889 bits per heavy atom. The molecule has 5 aromatic rings. The van der Waals surface area contributed by atoms with Crippen LogP contribution in [0.2, 0.25) is 0 Å². The number of carbonyl (C=O) groups is 1. The Hall–Kier alpha value is -4.30. The number of hydrogen-bond acceptors (Lipinski definition) is 5. The van der Waals surface area contributed by atoms with Crippen molar-refractivity contribution in [3.8, 4) is 5.75 Å². The minimum atomic E-state index is -3.91. The first-order valence-electron chi connectivity index (χ1n) is 11.5. The van der Waals surface area contributed by atoms with E-state index in [-0.39, 0.29) is 11.4 Å². The van der Waals surface area contributed by atoms with Gasteiger partial charge in [-0.25, -0.2) is 8.42 Å². The van der Waals surface area contributed by atoms with Gasteiger partial charge in [0.15, 0.2) is 6.10 Å². The van der Waals surface area contributed by atoms with Crippen molar-refractivity contribution in [1.29, 1.82) is 0 Å². The Kier molecular flexibility index (Phi) is 5.19. The predicted octanol–water partition coefficient (Wildman–Crippen LogP) is 5.49. The van der Waals surface area contributed by atoms with Gasteiger partial charge < -0.3 is 14.5 Å². The number of benzene rings is 4. The molecular formula is C28H22N2O5S. The molecule has 1 aromatic heterocycles. The summed E-state index contributed by atoms with van der Waals surface area (Å²) in [7, 11) is -3.91. The lowest BCUT2D eigenvalue weighted by molar-refractivity contribution is -0.122. The minimum absolute atomic E-state index is 0.146. The molecular weight excluding hydrogens is 476 g/mol. The molecule has 4 aromatic carbocycles. The standard InChI is InChI=1S/C28H22N2O5S/c1-18-11-14-23-26(15-18)35-27(17-30(23)36(32,33)20-7-3-2-4-8-20)28(31)29-19-12-13-22-21-9-5-6-10-24(21)34-25(22)16-19/h2-16,27H,17H2,1H3,(H,29,31)/t27-/m0/s1. The summed E-state index contributed by atoms with van der Waals surface area (Å²) in [6.07, 6.45) is -1.05. The number of anilines is 2. The van der Waals surface area contributed by atoms with Crippen LogP contribution in [0.4, 0.5) is 11.4 Å². The first-order chi connectivity index (χ1) is 17.4. The maximum Gasteiger partial charge on any atom is 0.267 e. The topological polar surface area (TPSA) is 88.8 Å². The number of hydrogen-bond donors (Lipinski definition) is 1. The average molecular weight is 499 g/mol. The number of sulfonamides is 1. The van der Waals surface area contributed by atoms with Gasteiger partial charge in [0, 0.05) is 22.5 Å². The summed E-state index contributed by atoms with van der Waals surface area (Å²) in [5, 5.41) is 4.80. The number of amides is 1. The van der Waals surface area contributed by atoms with E-state index in [1.165, 1.54) is 16.4 Å². The maximum absolute atomic E-state index is 13.5. The number of furan rings is 1. The Balaban J connectivity index is 1.32. The van der Waals surface area contributed by atoms with Crippen LogP contribution in [0, 0.1) is 6.92 Å². The summed E-state index contributed by atoms with van der Waals surface area (Å²) in [5.74, 6) is -0.112. The number of nitrogens with one attached hydrogen (secondary N) is 1. The summed E-state index contributed by atoms with van der Waals surface area (Å²) in [6.45, 7) is 1.72. The van der Waals surface area contributed by atoms with Crippen LogP contribution in [0.25, 0.3) is 21.9 Å². The van der Waals surface area contributed by atoms with Gasteiger partial charge in [0.2, 0.25) is 0 Å². The molecule has 1 N–H and O–H groups in total. The zero-order valence-electron chi connectivity index (χ0n) is 19.3. The average Bonchev–Trinajstić information content (AvgIpc) is 3.26. The van der Waals surface area contributed by atoms with Gasteiger partial charge in [-0.05, 0) is 55.0 Å². The summed E-state index contributed by atoms with van der Waals surface area (Å²) in [4.78, 5) is 13.4. The minimum Gasteiger partial charge on any atom is -0.476 e. The van der Waals surface area contributed by atoms with E-state index in [1.54, 1.807) is 42.5 Å². The number of fused-ring (bicyclic) bond motifs is 4. The van der Waals surface area contributed by atoms with Crippen LogP contribution in [-0.4, -0.2) is 27.0 Å². The van der Waals surface area contributed by atoms with Crippen LogP contribution in [0.5, 0.6) is 5.75 Å². The second kappa shape index (κ2) is 8.42. The third kappa shape index (κ3) is 3.76. The Morgan fingerprint density at radius 2 is 1.64 bits per heavy atom. The monoisotopic (exact) mass is 498 g/mol. The molecule has 0 saturated heterocycles. The first kappa shape index (κ1) is 22.2. The molecule has 0 saturated carbocycles. The van der Waals surface area contributed by atoms with E-state index in [2.05, 4.69) is 5.32 Å². The van der Waals surface area contributed by atoms with Crippen LogP contribution in [0.1, 0.15) is 5.56 Å². The van der Waals surface area contributed by atoms with Gasteiger partial charge >= 0.3 is 0 Å². The van der Waals surface area contributed by atoms with Crippen LogP contribution >= 0.6 is 0 Å². The van der Waals surface area contributed by atoms with Crippen molar-refractivity contribution in [2.24, 2.45) is 0 Å². The van der Waals surface area contributed by atoms with Crippen molar-refractivity contribution in [3.63, 3.8) is 0 Å². The van der Waals surface area contributed by atoms with Crippen molar-refractivity contribution in [1.82, 2.24) is 0 Å². The summed E-state index contributed by atoms with van der Waals surface area (Å²) in [6, 6.07) is 26.6. The second-order valence-corrected chi connectivity index (χ2v) is 10.6. The Labute approximate surface area is 208 Å². The van der Waals surface area contributed by atoms with Gasteiger partial charge in [0.05, 0.1) is 17.1 Å². The highest BCUT2D eigenvalue weighted by Gasteiger charge is 2.37. The van der Waals surface area contributed by atoms with E-state index in [0.29, 0.717) is 22.7 Å². The highest BCUT2D eigenvalue weighted by molar-refractivity contribution is 7.92.